The van der Waals surface area contributed by atoms with Crippen LogP contribution in [0.2, 0.25) is 0 Å². The lowest BCUT2D eigenvalue weighted by molar-refractivity contribution is -0.118. The van der Waals surface area contributed by atoms with Crippen LogP contribution in [0.25, 0.3) is 10.8 Å². The van der Waals surface area contributed by atoms with Gasteiger partial charge in [-0.1, -0.05) is 69.4 Å². The fourth-order valence-electron chi connectivity index (χ4n) is 2.76. The van der Waals surface area contributed by atoms with Crippen LogP contribution in [-0.2, 0) is 14.8 Å². The van der Waals surface area contributed by atoms with Crippen molar-refractivity contribution >= 4 is 43.2 Å². The fraction of sp³-hybridized carbons (Fsp3) is 0.350. The van der Waals surface area contributed by atoms with Gasteiger partial charge in [-0.2, -0.15) is 4.72 Å². The summed E-state index contributed by atoms with van der Waals surface area (Å²) in [5.74, 6) is -0.524. The van der Waals surface area contributed by atoms with Crippen LogP contribution in [0.4, 0.5) is 5.13 Å². The molecule has 9 heteroatoms. The second-order valence-electron chi connectivity index (χ2n) is 7.44. The lowest BCUT2D eigenvalue weighted by Gasteiger charge is -2.21. The van der Waals surface area contributed by atoms with Crippen molar-refractivity contribution in [3.05, 3.63) is 47.5 Å². The molecule has 0 fully saturated rings. The summed E-state index contributed by atoms with van der Waals surface area (Å²) in [4.78, 5) is 12.9. The Hall–Kier alpha value is -2.36. The zero-order valence-electron chi connectivity index (χ0n) is 16.7. The molecular weight excluding hydrogens is 408 g/mol. The average molecular weight is 433 g/mol. The minimum absolute atomic E-state index is 0.118. The lowest BCUT2D eigenvalue weighted by atomic mass is 10.1. The number of sulfonamides is 1. The highest BCUT2D eigenvalue weighted by Gasteiger charge is 2.29. The normalized spacial score (nSPS) is 13.2. The van der Waals surface area contributed by atoms with Crippen LogP contribution in [0, 0.1) is 5.92 Å². The van der Waals surface area contributed by atoms with Gasteiger partial charge in [-0.15, -0.1) is 10.2 Å². The van der Waals surface area contributed by atoms with Gasteiger partial charge in [-0.3, -0.25) is 10.1 Å². The van der Waals surface area contributed by atoms with Gasteiger partial charge in [0.2, 0.25) is 21.1 Å². The Morgan fingerprint density at radius 3 is 2.31 bits per heavy atom. The maximum absolute atomic E-state index is 12.9. The van der Waals surface area contributed by atoms with Crippen molar-refractivity contribution in [1.29, 1.82) is 0 Å². The molecule has 0 unspecified atom stereocenters. The van der Waals surface area contributed by atoms with Crippen molar-refractivity contribution in [1.82, 2.24) is 14.9 Å². The summed E-state index contributed by atoms with van der Waals surface area (Å²) in [7, 11) is -3.88. The van der Waals surface area contributed by atoms with Gasteiger partial charge in [0.1, 0.15) is 11.0 Å². The summed E-state index contributed by atoms with van der Waals surface area (Å²) in [5.41, 5.74) is 0. The van der Waals surface area contributed by atoms with Gasteiger partial charge < -0.3 is 0 Å². The molecule has 0 aliphatic rings. The van der Waals surface area contributed by atoms with E-state index in [0.717, 1.165) is 15.8 Å². The molecule has 154 valence electrons. The number of aromatic nitrogens is 2. The van der Waals surface area contributed by atoms with Crippen molar-refractivity contribution in [3.8, 4) is 0 Å². The fourth-order valence-corrected chi connectivity index (χ4v) is 4.89. The van der Waals surface area contributed by atoms with Gasteiger partial charge in [0.25, 0.3) is 0 Å². The van der Waals surface area contributed by atoms with Gasteiger partial charge in [0.05, 0.1) is 4.90 Å². The highest BCUT2D eigenvalue weighted by molar-refractivity contribution is 7.89. The monoisotopic (exact) mass is 432 g/mol. The van der Waals surface area contributed by atoms with Crippen molar-refractivity contribution in [2.45, 2.75) is 44.6 Å². The molecule has 0 aliphatic carbocycles. The van der Waals surface area contributed by atoms with Gasteiger partial charge in [0, 0.05) is 5.92 Å². The first-order valence-corrected chi connectivity index (χ1v) is 11.6. The first-order chi connectivity index (χ1) is 13.7. The average Bonchev–Trinajstić information content (AvgIpc) is 3.14. The van der Waals surface area contributed by atoms with E-state index in [9.17, 15) is 13.2 Å². The Labute approximate surface area is 174 Å². The third-order valence-corrected chi connectivity index (χ3v) is 7.01. The molecule has 3 aromatic rings. The minimum Gasteiger partial charge on any atom is -0.299 e. The van der Waals surface area contributed by atoms with E-state index in [0.29, 0.717) is 5.13 Å². The molecule has 1 aromatic heterocycles. The number of anilines is 1. The van der Waals surface area contributed by atoms with Gasteiger partial charge >= 0.3 is 0 Å². The Morgan fingerprint density at radius 1 is 1.00 bits per heavy atom. The number of hydrogen-bond donors (Lipinski definition) is 2. The predicted molar refractivity (Wildman–Crippen MR) is 116 cm³/mol. The Bertz CT molecular complexity index is 1120. The molecule has 2 N–H and O–H groups in total. The number of rotatable bonds is 7. The van der Waals surface area contributed by atoms with Gasteiger partial charge in [-0.05, 0) is 28.8 Å². The van der Waals surface area contributed by atoms with Crippen LogP contribution >= 0.6 is 11.3 Å². The molecular formula is C20H24N4O3S2. The molecule has 1 amide bonds. The van der Waals surface area contributed by atoms with E-state index in [1.54, 1.807) is 32.0 Å². The molecule has 3 rings (SSSR count). The van der Waals surface area contributed by atoms with Crippen molar-refractivity contribution < 1.29 is 13.2 Å². The van der Waals surface area contributed by atoms with E-state index in [1.807, 2.05) is 38.1 Å². The molecule has 0 saturated carbocycles. The third-order valence-electron chi connectivity index (χ3n) is 4.43. The number of nitrogens with one attached hydrogen (secondary N) is 2. The van der Waals surface area contributed by atoms with Crippen LogP contribution in [0.3, 0.4) is 0 Å². The topological polar surface area (TPSA) is 101 Å². The maximum Gasteiger partial charge on any atom is 0.244 e. The summed E-state index contributed by atoms with van der Waals surface area (Å²) >= 11 is 1.28. The zero-order chi connectivity index (χ0) is 21.2. The SMILES string of the molecule is CC(C)c1nnc(NC(=O)[C@H](NS(=O)(=O)c2ccc3ccccc3c2)C(C)C)s1. The molecule has 0 bridgehead atoms. The van der Waals surface area contributed by atoms with E-state index in [-0.39, 0.29) is 16.7 Å². The summed E-state index contributed by atoms with van der Waals surface area (Å²) in [6.07, 6.45) is 0. The smallest absolute Gasteiger partial charge is 0.244 e. The van der Waals surface area contributed by atoms with E-state index in [4.69, 9.17) is 0 Å². The first-order valence-electron chi connectivity index (χ1n) is 9.33. The molecule has 0 radical (unpaired) electrons. The lowest BCUT2D eigenvalue weighted by Crippen LogP contribution is -2.47. The molecule has 1 heterocycles. The minimum atomic E-state index is -3.88. The first kappa shape index (κ1) is 21.4. The van der Waals surface area contributed by atoms with Crippen LogP contribution in [0.5, 0.6) is 0 Å². The largest absolute Gasteiger partial charge is 0.299 e. The number of carbonyl (C=O) groups is 1. The predicted octanol–water partition coefficient (Wildman–Crippen LogP) is 3.76. The zero-order valence-corrected chi connectivity index (χ0v) is 18.3. The number of carbonyl (C=O) groups excluding carboxylic acids is 1. The second kappa shape index (κ2) is 8.56. The third kappa shape index (κ3) is 4.98. The highest BCUT2D eigenvalue weighted by Crippen LogP contribution is 2.23. The Balaban J connectivity index is 1.81. The van der Waals surface area contributed by atoms with Crippen molar-refractivity contribution in [2.24, 2.45) is 5.92 Å². The molecule has 2 aromatic carbocycles. The standard InChI is InChI=1S/C20H24N4O3S2/c1-12(2)17(18(25)21-20-23-22-19(28-20)13(3)4)24-29(26,27)16-10-9-14-7-5-6-8-15(14)11-16/h5-13,17,24H,1-4H3,(H,21,23,25)/t17-/m1/s1. The number of nitrogens with zero attached hydrogens (tertiary/aromatic N) is 2. The summed E-state index contributed by atoms with van der Waals surface area (Å²) in [6, 6.07) is 11.5. The second-order valence-corrected chi connectivity index (χ2v) is 10.2. The molecule has 0 aliphatic heterocycles. The number of benzene rings is 2. The molecule has 7 nitrogen and oxygen atoms in total. The Morgan fingerprint density at radius 2 is 1.69 bits per heavy atom. The van der Waals surface area contributed by atoms with Crippen LogP contribution in [0.1, 0.15) is 38.6 Å². The summed E-state index contributed by atoms with van der Waals surface area (Å²) in [6.45, 7) is 7.54. The highest BCUT2D eigenvalue weighted by atomic mass is 32.2. The quantitative estimate of drug-likeness (QED) is 0.592. The maximum atomic E-state index is 12.9. The number of hydrogen-bond acceptors (Lipinski definition) is 6. The van der Waals surface area contributed by atoms with Gasteiger partial charge in [-0.25, -0.2) is 8.42 Å². The summed E-state index contributed by atoms with van der Waals surface area (Å²) < 4.78 is 28.4. The summed E-state index contributed by atoms with van der Waals surface area (Å²) in [5, 5.41) is 13.6. The molecule has 0 spiro atoms. The Kier molecular flexibility index (Phi) is 6.30. The van der Waals surface area contributed by atoms with Crippen molar-refractivity contribution in [3.63, 3.8) is 0 Å². The molecule has 0 saturated heterocycles. The van der Waals surface area contributed by atoms with Crippen LogP contribution < -0.4 is 10.0 Å². The van der Waals surface area contributed by atoms with Crippen molar-refractivity contribution in [2.75, 3.05) is 5.32 Å². The van der Waals surface area contributed by atoms with Gasteiger partial charge in [0.15, 0.2) is 0 Å². The number of fused-ring (bicyclic) bond motifs is 1. The number of amides is 1. The van der Waals surface area contributed by atoms with Crippen LogP contribution in [0.15, 0.2) is 47.4 Å². The van der Waals surface area contributed by atoms with E-state index < -0.39 is 22.0 Å². The van der Waals surface area contributed by atoms with E-state index in [1.165, 1.54) is 11.3 Å². The van der Waals surface area contributed by atoms with E-state index in [2.05, 4.69) is 20.2 Å². The molecule has 29 heavy (non-hydrogen) atoms. The van der Waals surface area contributed by atoms with Crippen LogP contribution in [-0.4, -0.2) is 30.6 Å². The molecule has 1 atom stereocenters. The van der Waals surface area contributed by atoms with E-state index >= 15 is 0 Å².